The molecule has 0 saturated heterocycles. The van der Waals surface area contributed by atoms with Crippen LogP contribution >= 0.6 is 15.9 Å². The summed E-state index contributed by atoms with van der Waals surface area (Å²) in [7, 11) is 0. The Morgan fingerprint density at radius 1 is 1.38 bits per heavy atom. The van der Waals surface area contributed by atoms with Gasteiger partial charge in [-0.3, -0.25) is 0 Å². The van der Waals surface area contributed by atoms with Crippen LogP contribution in [0.1, 0.15) is 18.5 Å². The second kappa shape index (κ2) is 4.39. The minimum atomic E-state index is -0.303. The molecule has 0 amide bonds. The third kappa shape index (κ3) is 2.03. The van der Waals surface area contributed by atoms with E-state index in [0.29, 0.717) is 11.3 Å². The van der Waals surface area contributed by atoms with Gasteiger partial charge in [-0.2, -0.15) is 0 Å². The first-order chi connectivity index (χ1) is 7.59. The maximum absolute atomic E-state index is 13.2. The highest BCUT2D eigenvalue weighted by atomic mass is 79.9. The van der Waals surface area contributed by atoms with Gasteiger partial charge in [-0.25, -0.2) is 4.39 Å². The third-order valence-electron chi connectivity index (χ3n) is 2.37. The maximum Gasteiger partial charge on any atom is 0.148 e. The summed E-state index contributed by atoms with van der Waals surface area (Å²) in [5, 5.41) is 0. The maximum atomic E-state index is 13.2. The fraction of sp³-hybridized carbons (Fsp3) is 0.167. The highest BCUT2D eigenvalue weighted by molar-refractivity contribution is 9.10. The Kier molecular flexibility index (Phi) is 3.12. The van der Waals surface area contributed by atoms with E-state index in [1.807, 2.05) is 6.92 Å². The van der Waals surface area contributed by atoms with Gasteiger partial charge in [0.15, 0.2) is 0 Å². The molecule has 1 aromatic heterocycles. The summed E-state index contributed by atoms with van der Waals surface area (Å²) in [5.41, 5.74) is 7.39. The molecule has 2 aromatic rings. The molecule has 1 unspecified atom stereocenters. The summed E-state index contributed by atoms with van der Waals surface area (Å²) >= 11 is 3.35. The predicted molar refractivity (Wildman–Crippen MR) is 64.4 cm³/mol. The van der Waals surface area contributed by atoms with Crippen LogP contribution in [-0.4, -0.2) is 0 Å². The van der Waals surface area contributed by atoms with Gasteiger partial charge in [-0.05, 0) is 46.6 Å². The highest BCUT2D eigenvalue weighted by Gasteiger charge is 2.14. The quantitative estimate of drug-likeness (QED) is 0.909. The van der Waals surface area contributed by atoms with Crippen molar-refractivity contribution in [1.29, 1.82) is 0 Å². The standard InChI is InChI=1S/C12H11BrFNO/c1-7(15)9-3-2-8(14)6-10(9)12-11(13)4-5-16-12/h2-7H,15H2,1H3. The molecule has 0 radical (unpaired) electrons. The SMILES string of the molecule is CC(N)c1ccc(F)cc1-c1occc1Br. The summed E-state index contributed by atoms with van der Waals surface area (Å²) in [6.45, 7) is 1.85. The van der Waals surface area contributed by atoms with E-state index in [1.165, 1.54) is 12.1 Å². The molecule has 4 heteroatoms. The smallest absolute Gasteiger partial charge is 0.148 e. The summed E-state index contributed by atoms with van der Waals surface area (Å²) in [4.78, 5) is 0. The average Bonchev–Trinajstić information content (AvgIpc) is 2.63. The number of hydrogen-bond donors (Lipinski definition) is 1. The van der Waals surface area contributed by atoms with Gasteiger partial charge < -0.3 is 10.2 Å². The lowest BCUT2D eigenvalue weighted by atomic mass is 10.00. The van der Waals surface area contributed by atoms with Crippen molar-refractivity contribution in [2.75, 3.05) is 0 Å². The van der Waals surface area contributed by atoms with Crippen LogP contribution in [0.5, 0.6) is 0 Å². The highest BCUT2D eigenvalue weighted by Crippen LogP contribution is 2.34. The fourth-order valence-electron chi connectivity index (χ4n) is 1.61. The molecule has 0 aliphatic rings. The van der Waals surface area contributed by atoms with Crippen LogP contribution in [0, 0.1) is 5.82 Å². The Bertz CT molecular complexity index is 507. The molecule has 0 aliphatic heterocycles. The predicted octanol–water partition coefficient (Wildman–Crippen LogP) is 3.87. The lowest BCUT2D eigenvalue weighted by molar-refractivity contribution is 0.576. The van der Waals surface area contributed by atoms with Crippen LogP contribution in [0.3, 0.4) is 0 Å². The van der Waals surface area contributed by atoms with E-state index in [4.69, 9.17) is 10.2 Å². The summed E-state index contributed by atoms with van der Waals surface area (Å²) in [6, 6.07) is 6.11. The number of nitrogens with two attached hydrogens (primary N) is 1. The molecule has 16 heavy (non-hydrogen) atoms. The molecule has 2 N–H and O–H groups in total. The van der Waals surface area contributed by atoms with Crippen molar-refractivity contribution >= 4 is 15.9 Å². The number of benzene rings is 1. The van der Waals surface area contributed by atoms with E-state index in [2.05, 4.69) is 15.9 Å². The van der Waals surface area contributed by atoms with Crippen molar-refractivity contribution in [1.82, 2.24) is 0 Å². The van der Waals surface area contributed by atoms with Gasteiger partial charge in [0.2, 0.25) is 0 Å². The van der Waals surface area contributed by atoms with Gasteiger partial charge in [0, 0.05) is 11.6 Å². The Morgan fingerprint density at radius 3 is 2.69 bits per heavy atom. The lowest BCUT2D eigenvalue weighted by Gasteiger charge is -2.11. The van der Waals surface area contributed by atoms with E-state index in [-0.39, 0.29) is 11.9 Å². The van der Waals surface area contributed by atoms with Crippen molar-refractivity contribution in [2.45, 2.75) is 13.0 Å². The number of rotatable bonds is 2. The van der Waals surface area contributed by atoms with Crippen molar-refractivity contribution in [2.24, 2.45) is 5.73 Å². The third-order valence-corrected chi connectivity index (χ3v) is 2.99. The fourth-order valence-corrected chi connectivity index (χ4v) is 2.02. The monoisotopic (exact) mass is 283 g/mol. The molecule has 84 valence electrons. The molecule has 2 rings (SSSR count). The lowest BCUT2D eigenvalue weighted by Crippen LogP contribution is -2.06. The molecule has 1 heterocycles. The Hall–Kier alpha value is -1.13. The van der Waals surface area contributed by atoms with Crippen LogP contribution in [0.2, 0.25) is 0 Å². The molecular weight excluding hydrogens is 273 g/mol. The molecule has 0 bridgehead atoms. The van der Waals surface area contributed by atoms with Crippen LogP contribution < -0.4 is 5.73 Å². The van der Waals surface area contributed by atoms with Crippen molar-refractivity contribution in [3.63, 3.8) is 0 Å². The van der Waals surface area contributed by atoms with E-state index in [0.717, 1.165) is 10.0 Å². The van der Waals surface area contributed by atoms with E-state index < -0.39 is 0 Å². The Labute approximate surface area is 101 Å². The first kappa shape index (κ1) is 11.4. The molecule has 0 spiro atoms. The average molecular weight is 284 g/mol. The van der Waals surface area contributed by atoms with Gasteiger partial charge in [0.25, 0.3) is 0 Å². The van der Waals surface area contributed by atoms with Crippen LogP contribution in [-0.2, 0) is 0 Å². The zero-order valence-electron chi connectivity index (χ0n) is 8.71. The summed E-state index contributed by atoms with van der Waals surface area (Å²) < 4.78 is 19.4. The van der Waals surface area contributed by atoms with Crippen LogP contribution in [0.25, 0.3) is 11.3 Å². The molecule has 1 aromatic carbocycles. The van der Waals surface area contributed by atoms with Gasteiger partial charge in [-0.15, -0.1) is 0 Å². The second-order valence-corrected chi connectivity index (χ2v) is 4.47. The van der Waals surface area contributed by atoms with E-state index >= 15 is 0 Å². The molecular formula is C12H11BrFNO. The topological polar surface area (TPSA) is 39.2 Å². The number of hydrogen-bond acceptors (Lipinski definition) is 2. The number of halogens is 2. The first-order valence-corrected chi connectivity index (χ1v) is 5.67. The first-order valence-electron chi connectivity index (χ1n) is 4.88. The molecule has 0 saturated carbocycles. The van der Waals surface area contributed by atoms with Gasteiger partial charge in [0.05, 0.1) is 10.7 Å². The van der Waals surface area contributed by atoms with Gasteiger partial charge in [-0.1, -0.05) is 6.07 Å². The summed E-state index contributed by atoms with van der Waals surface area (Å²) in [5.74, 6) is 0.300. The molecule has 0 fully saturated rings. The minimum absolute atomic E-state index is 0.174. The number of furan rings is 1. The largest absolute Gasteiger partial charge is 0.463 e. The van der Waals surface area contributed by atoms with Crippen LogP contribution in [0.15, 0.2) is 39.4 Å². The minimum Gasteiger partial charge on any atom is -0.463 e. The van der Waals surface area contributed by atoms with Gasteiger partial charge in [0.1, 0.15) is 11.6 Å². The Morgan fingerprint density at radius 2 is 2.12 bits per heavy atom. The van der Waals surface area contributed by atoms with Crippen molar-refractivity contribution < 1.29 is 8.81 Å². The Balaban J connectivity index is 2.63. The second-order valence-electron chi connectivity index (χ2n) is 3.62. The molecule has 1 atom stereocenters. The molecule has 2 nitrogen and oxygen atoms in total. The van der Waals surface area contributed by atoms with E-state index in [1.54, 1.807) is 18.4 Å². The molecule has 0 aliphatic carbocycles. The van der Waals surface area contributed by atoms with Crippen molar-refractivity contribution in [3.8, 4) is 11.3 Å². The summed E-state index contributed by atoms with van der Waals surface area (Å²) in [6.07, 6.45) is 1.55. The zero-order chi connectivity index (χ0) is 11.7. The van der Waals surface area contributed by atoms with E-state index in [9.17, 15) is 4.39 Å². The van der Waals surface area contributed by atoms with Crippen molar-refractivity contribution in [3.05, 3.63) is 46.4 Å². The zero-order valence-corrected chi connectivity index (χ0v) is 10.3. The normalized spacial score (nSPS) is 12.8. The van der Waals surface area contributed by atoms with Gasteiger partial charge >= 0.3 is 0 Å². The van der Waals surface area contributed by atoms with Crippen LogP contribution in [0.4, 0.5) is 4.39 Å².